The maximum Gasteiger partial charge on any atom is 0.126 e. The molecule has 3 nitrogen and oxygen atoms in total. The van der Waals surface area contributed by atoms with Gasteiger partial charge in [-0.1, -0.05) is 6.07 Å². The minimum Gasteiger partial charge on any atom is -0.365 e. The summed E-state index contributed by atoms with van der Waals surface area (Å²) >= 11 is 1.50. The smallest absolute Gasteiger partial charge is 0.126 e. The van der Waals surface area contributed by atoms with Crippen molar-refractivity contribution in [1.82, 2.24) is 4.98 Å². The molecule has 0 saturated heterocycles. The number of hydrogen-bond acceptors (Lipinski definition) is 4. The third kappa shape index (κ3) is 2.55. The number of aromatic nitrogens is 1. The molecule has 0 aliphatic rings. The molecule has 15 heavy (non-hydrogen) atoms. The van der Waals surface area contributed by atoms with Gasteiger partial charge >= 0.3 is 0 Å². The molecule has 0 bridgehead atoms. The van der Waals surface area contributed by atoms with Crippen LogP contribution in [0.3, 0.4) is 0 Å². The minimum absolute atomic E-state index is 0.712. The first-order valence-electron chi connectivity index (χ1n) is 4.52. The van der Waals surface area contributed by atoms with Crippen molar-refractivity contribution in [2.45, 2.75) is 6.54 Å². The lowest BCUT2D eigenvalue weighted by molar-refractivity contribution is 1.14. The molecule has 0 spiro atoms. The van der Waals surface area contributed by atoms with Crippen LogP contribution < -0.4 is 5.32 Å². The topological polar surface area (TPSA) is 48.7 Å². The van der Waals surface area contributed by atoms with Crippen molar-refractivity contribution in [3.8, 4) is 6.07 Å². The Hall–Kier alpha value is -1.86. The van der Waals surface area contributed by atoms with E-state index in [1.54, 1.807) is 6.20 Å². The van der Waals surface area contributed by atoms with Crippen LogP contribution in [0.15, 0.2) is 36.5 Å². The average Bonchev–Trinajstić information content (AvgIpc) is 2.76. The number of anilines is 1. The van der Waals surface area contributed by atoms with Gasteiger partial charge in [-0.3, -0.25) is 0 Å². The van der Waals surface area contributed by atoms with Crippen LogP contribution in [0.5, 0.6) is 0 Å². The van der Waals surface area contributed by atoms with Crippen LogP contribution in [0.4, 0.5) is 5.82 Å². The van der Waals surface area contributed by atoms with Crippen LogP contribution >= 0.6 is 11.3 Å². The summed E-state index contributed by atoms with van der Waals surface area (Å²) in [6, 6.07) is 11.6. The molecule has 74 valence electrons. The number of nitrogens with zero attached hydrogens (tertiary/aromatic N) is 2. The highest BCUT2D eigenvalue weighted by atomic mass is 32.1. The van der Waals surface area contributed by atoms with Gasteiger partial charge in [0.25, 0.3) is 0 Å². The molecule has 4 heteroatoms. The van der Waals surface area contributed by atoms with Gasteiger partial charge in [0, 0.05) is 11.1 Å². The van der Waals surface area contributed by atoms with E-state index in [-0.39, 0.29) is 0 Å². The van der Waals surface area contributed by atoms with Crippen molar-refractivity contribution < 1.29 is 0 Å². The largest absolute Gasteiger partial charge is 0.365 e. The third-order valence-electron chi connectivity index (χ3n) is 1.88. The highest BCUT2D eigenvalue weighted by Crippen LogP contribution is 2.16. The summed E-state index contributed by atoms with van der Waals surface area (Å²) in [5.41, 5.74) is 0. The van der Waals surface area contributed by atoms with E-state index in [2.05, 4.69) is 16.4 Å². The molecule has 0 radical (unpaired) electrons. The van der Waals surface area contributed by atoms with Gasteiger partial charge in [0.2, 0.25) is 0 Å². The van der Waals surface area contributed by atoms with Crippen molar-refractivity contribution >= 4 is 17.2 Å². The molecular formula is C11H9N3S. The van der Waals surface area contributed by atoms with E-state index in [0.29, 0.717) is 6.54 Å². The second-order valence-corrected chi connectivity index (χ2v) is 4.11. The Labute approximate surface area is 92.0 Å². The third-order valence-corrected chi connectivity index (χ3v) is 2.87. The molecule has 0 saturated carbocycles. The normalized spacial score (nSPS) is 9.53. The molecule has 0 fully saturated rings. The monoisotopic (exact) mass is 215 g/mol. The quantitative estimate of drug-likeness (QED) is 0.856. The van der Waals surface area contributed by atoms with Crippen LogP contribution in [0, 0.1) is 11.3 Å². The average molecular weight is 215 g/mol. The molecule has 2 aromatic rings. The molecule has 2 rings (SSSR count). The van der Waals surface area contributed by atoms with E-state index < -0.39 is 0 Å². The van der Waals surface area contributed by atoms with Gasteiger partial charge in [-0.2, -0.15) is 5.26 Å². The number of rotatable bonds is 3. The molecule has 2 aromatic heterocycles. The fourth-order valence-corrected chi connectivity index (χ4v) is 1.92. The molecule has 0 aliphatic carbocycles. The van der Waals surface area contributed by atoms with Gasteiger partial charge in [0.05, 0.1) is 6.54 Å². The van der Waals surface area contributed by atoms with Crippen molar-refractivity contribution in [2.75, 3.05) is 5.32 Å². The Morgan fingerprint density at radius 1 is 1.33 bits per heavy atom. The number of hydrogen-bond donors (Lipinski definition) is 1. The van der Waals surface area contributed by atoms with Gasteiger partial charge < -0.3 is 5.32 Å². The first-order valence-corrected chi connectivity index (χ1v) is 5.34. The Morgan fingerprint density at radius 2 is 2.27 bits per heavy atom. The van der Waals surface area contributed by atoms with E-state index >= 15 is 0 Å². The summed E-state index contributed by atoms with van der Waals surface area (Å²) in [5.74, 6) is 0.851. The van der Waals surface area contributed by atoms with E-state index in [1.807, 2.05) is 30.3 Å². The molecule has 0 aliphatic heterocycles. The zero-order chi connectivity index (χ0) is 10.5. The lowest BCUT2D eigenvalue weighted by Crippen LogP contribution is -1.98. The fourth-order valence-electron chi connectivity index (χ4n) is 1.18. The lowest BCUT2D eigenvalue weighted by Gasteiger charge is -2.01. The summed E-state index contributed by atoms with van der Waals surface area (Å²) in [4.78, 5) is 6.03. The van der Waals surface area contributed by atoms with Crippen molar-refractivity contribution in [3.05, 3.63) is 46.3 Å². The van der Waals surface area contributed by atoms with Crippen LogP contribution in [0.1, 0.15) is 9.75 Å². The Balaban J connectivity index is 1.97. The van der Waals surface area contributed by atoms with Gasteiger partial charge in [0.15, 0.2) is 0 Å². The molecule has 0 unspecified atom stereocenters. The highest BCUT2D eigenvalue weighted by molar-refractivity contribution is 7.12. The summed E-state index contributed by atoms with van der Waals surface area (Å²) in [6.45, 7) is 0.712. The molecule has 0 amide bonds. The summed E-state index contributed by atoms with van der Waals surface area (Å²) < 4.78 is 0. The zero-order valence-corrected chi connectivity index (χ0v) is 8.79. The molecule has 1 N–H and O–H groups in total. The van der Waals surface area contributed by atoms with Crippen LogP contribution in [0.25, 0.3) is 0 Å². The standard InChI is InChI=1S/C11H9N3S/c12-7-9-4-5-10(15-9)8-14-11-3-1-2-6-13-11/h1-6H,8H2,(H,13,14). The molecule has 0 aromatic carbocycles. The van der Waals surface area contributed by atoms with E-state index in [9.17, 15) is 0 Å². The first kappa shape index (κ1) is 9.69. The second-order valence-electron chi connectivity index (χ2n) is 2.95. The van der Waals surface area contributed by atoms with Crippen molar-refractivity contribution in [1.29, 1.82) is 5.26 Å². The summed E-state index contributed by atoms with van der Waals surface area (Å²) in [7, 11) is 0. The predicted octanol–water partition coefficient (Wildman–Crippen LogP) is 2.63. The van der Waals surface area contributed by atoms with Crippen LogP contribution in [0.2, 0.25) is 0 Å². The number of nitriles is 1. The first-order chi connectivity index (χ1) is 7.38. The minimum atomic E-state index is 0.712. The van der Waals surface area contributed by atoms with Gasteiger partial charge in [-0.15, -0.1) is 11.3 Å². The lowest BCUT2D eigenvalue weighted by atomic mass is 10.4. The van der Waals surface area contributed by atoms with Crippen LogP contribution in [-0.2, 0) is 6.54 Å². The number of nitrogens with one attached hydrogen (secondary N) is 1. The zero-order valence-electron chi connectivity index (χ0n) is 7.97. The van der Waals surface area contributed by atoms with Crippen molar-refractivity contribution in [2.24, 2.45) is 0 Å². The van der Waals surface area contributed by atoms with Crippen molar-refractivity contribution in [3.63, 3.8) is 0 Å². The van der Waals surface area contributed by atoms with Crippen LogP contribution in [-0.4, -0.2) is 4.98 Å². The second kappa shape index (κ2) is 4.58. The Morgan fingerprint density at radius 3 is 2.93 bits per heavy atom. The molecule has 0 atom stereocenters. The van der Waals surface area contributed by atoms with Gasteiger partial charge in [-0.25, -0.2) is 4.98 Å². The number of pyridine rings is 1. The predicted molar refractivity (Wildman–Crippen MR) is 60.6 cm³/mol. The Kier molecular flexibility index (Phi) is 2.96. The SMILES string of the molecule is N#Cc1ccc(CNc2ccccn2)s1. The van der Waals surface area contributed by atoms with E-state index in [4.69, 9.17) is 5.26 Å². The number of thiophene rings is 1. The summed E-state index contributed by atoms with van der Waals surface area (Å²) in [6.07, 6.45) is 1.75. The van der Waals surface area contributed by atoms with E-state index in [0.717, 1.165) is 15.6 Å². The van der Waals surface area contributed by atoms with Gasteiger partial charge in [0.1, 0.15) is 16.8 Å². The van der Waals surface area contributed by atoms with Gasteiger partial charge in [-0.05, 0) is 24.3 Å². The Bertz CT molecular complexity index is 470. The maximum absolute atomic E-state index is 8.66. The fraction of sp³-hybridized carbons (Fsp3) is 0.0909. The maximum atomic E-state index is 8.66. The van der Waals surface area contributed by atoms with E-state index in [1.165, 1.54) is 11.3 Å². The summed E-state index contributed by atoms with van der Waals surface area (Å²) in [5, 5.41) is 11.9. The molecule has 2 heterocycles. The highest BCUT2D eigenvalue weighted by Gasteiger charge is 1.98. The molecular weight excluding hydrogens is 206 g/mol.